The van der Waals surface area contributed by atoms with Crippen LogP contribution in [0.4, 0.5) is 5.69 Å². The third-order valence-electron chi connectivity index (χ3n) is 3.88. The molecule has 0 aliphatic carbocycles. The van der Waals surface area contributed by atoms with E-state index in [1.165, 1.54) is 16.4 Å². The second-order valence-electron chi connectivity index (χ2n) is 5.36. The minimum Gasteiger partial charge on any atom is -0.398 e. The molecule has 2 rings (SSSR count). The second kappa shape index (κ2) is 6.30. The number of anilines is 1. The van der Waals surface area contributed by atoms with Crippen LogP contribution in [-0.4, -0.2) is 50.8 Å². The Morgan fingerprint density at radius 3 is 2.38 bits per heavy atom. The zero-order valence-electron chi connectivity index (χ0n) is 12.0. The molecule has 0 amide bonds. The van der Waals surface area contributed by atoms with E-state index in [0.29, 0.717) is 5.02 Å². The molecule has 0 bridgehead atoms. The van der Waals surface area contributed by atoms with Gasteiger partial charge >= 0.3 is 0 Å². The van der Waals surface area contributed by atoms with Gasteiger partial charge in [-0.1, -0.05) is 23.2 Å². The standard InChI is InChI=1S/C13H19Cl2N3O2S/c1-17-5-3-10(4-6-17)18(2)21(19,20)13-11(15)7-9(14)8-12(13)16/h7-8,10H,3-6,16H2,1-2H3. The molecule has 0 aromatic heterocycles. The summed E-state index contributed by atoms with van der Waals surface area (Å²) in [5.74, 6) is 0. The smallest absolute Gasteiger partial charge is 0.246 e. The van der Waals surface area contributed by atoms with Crippen molar-refractivity contribution in [3.05, 3.63) is 22.2 Å². The molecule has 1 aromatic carbocycles. The van der Waals surface area contributed by atoms with Crippen LogP contribution in [0.25, 0.3) is 0 Å². The molecule has 0 atom stereocenters. The summed E-state index contributed by atoms with van der Waals surface area (Å²) < 4.78 is 26.9. The van der Waals surface area contributed by atoms with Gasteiger partial charge in [-0.3, -0.25) is 0 Å². The number of rotatable bonds is 3. The van der Waals surface area contributed by atoms with Crippen LogP contribution in [0, 0.1) is 0 Å². The van der Waals surface area contributed by atoms with Crippen LogP contribution in [0.1, 0.15) is 12.8 Å². The maximum Gasteiger partial charge on any atom is 0.246 e. The van der Waals surface area contributed by atoms with Crippen LogP contribution in [-0.2, 0) is 10.0 Å². The predicted octanol–water partition coefficient (Wildman–Crippen LogP) is 2.29. The molecule has 1 aliphatic rings. The quantitative estimate of drug-likeness (QED) is 0.848. The first kappa shape index (κ1) is 16.8. The van der Waals surface area contributed by atoms with E-state index in [0.717, 1.165) is 25.9 Å². The summed E-state index contributed by atoms with van der Waals surface area (Å²) in [6, 6.07) is 2.76. The molecule has 118 valence electrons. The fourth-order valence-electron chi connectivity index (χ4n) is 2.55. The average Bonchev–Trinajstić information content (AvgIpc) is 2.37. The molecule has 2 N–H and O–H groups in total. The number of hydrogen-bond acceptors (Lipinski definition) is 4. The van der Waals surface area contributed by atoms with E-state index < -0.39 is 10.0 Å². The van der Waals surface area contributed by atoms with Crippen molar-refractivity contribution in [2.75, 3.05) is 32.9 Å². The molecule has 1 saturated heterocycles. The highest BCUT2D eigenvalue weighted by Gasteiger charge is 2.33. The summed E-state index contributed by atoms with van der Waals surface area (Å²) in [6.07, 6.45) is 1.58. The number of piperidine rings is 1. The van der Waals surface area contributed by atoms with E-state index in [-0.39, 0.29) is 21.6 Å². The molecular formula is C13H19Cl2N3O2S. The van der Waals surface area contributed by atoms with E-state index in [9.17, 15) is 8.42 Å². The van der Waals surface area contributed by atoms with Gasteiger partial charge in [0, 0.05) is 18.1 Å². The highest BCUT2D eigenvalue weighted by Crippen LogP contribution is 2.34. The van der Waals surface area contributed by atoms with Gasteiger partial charge in [0.15, 0.2) is 0 Å². The number of likely N-dealkylation sites (tertiary alicyclic amines) is 1. The number of benzene rings is 1. The van der Waals surface area contributed by atoms with Crippen molar-refractivity contribution < 1.29 is 8.42 Å². The molecule has 5 nitrogen and oxygen atoms in total. The summed E-state index contributed by atoms with van der Waals surface area (Å²) in [5.41, 5.74) is 5.89. The van der Waals surface area contributed by atoms with Crippen LogP contribution >= 0.6 is 23.2 Å². The molecule has 21 heavy (non-hydrogen) atoms. The Labute approximate surface area is 135 Å². The SMILES string of the molecule is CN1CCC(N(C)S(=O)(=O)c2c(N)cc(Cl)cc2Cl)CC1. The van der Waals surface area contributed by atoms with E-state index in [1.807, 2.05) is 7.05 Å². The van der Waals surface area contributed by atoms with Gasteiger partial charge in [0.2, 0.25) is 10.0 Å². The molecule has 1 heterocycles. The van der Waals surface area contributed by atoms with Crippen LogP contribution in [0.5, 0.6) is 0 Å². The van der Waals surface area contributed by atoms with Gasteiger partial charge in [-0.25, -0.2) is 8.42 Å². The Hall–Kier alpha value is -0.530. The van der Waals surface area contributed by atoms with Crippen molar-refractivity contribution in [2.24, 2.45) is 0 Å². The zero-order valence-corrected chi connectivity index (χ0v) is 14.3. The molecule has 8 heteroatoms. The van der Waals surface area contributed by atoms with Gasteiger partial charge < -0.3 is 10.6 Å². The van der Waals surface area contributed by atoms with Crippen LogP contribution < -0.4 is 5.73 Å². The highest BCUT2D eigenvalue weighted by molar-refractivity contribution is 7.89. The number of hydrogen-bond donors (Lipinski definition) is 1. The van der Waals surface area contributed by atoms with Crippen molar-refractivity contribution in [3.63, 3.8) is 0 Å². The Balaban J connectivity index is 2.34. The van der Waals surface area contributed by atoms with Gasteiger partial charge in [0.05, 0.1) is 10.7 Å². The van der Waals surface area contributed by atoms with Crippen LogP contribution in [0.3, 0.4) is 0 Å². The third kappa shape index (κ3) is 3.46. The fraction of sp³-hybridized carbons (Fsp3) is 0.538. The fourth-order valence-corrected chi connectivity index (χ4v) is 4.91. The lowest BCUT2D eigenvalue weighted by molar-refractivity contribution is 0.197. The summed E-state index contributed by atoms with van der Waals surface area (Å²) in [6.45, 7) is 1.74. The molecule has 0 saturated carbocycles. The summed E-state index contributed by atoms with van der Waals surface area (Å²) >= 11 is 11.9. The third-order valence-corrected chi connectivity index (χ3v) is 6.53. The number of nitrogens with two attached hydrogens (primary N) is 1. The normalized spacial score (nSPS) is 18.3. The first-order chi connectivity index (χ1) is 9.73. The summed E-state index contributed by atoms with van der Waals surface area (Å²) in [7, 11) is -0.129. The molecule has 1 fully saturated rings. The molecular weight excluding hydrogens is 333 g/mol. The maximum absolute atomic E-state index is 12.8. The van der Waals surface area contributed by atoms with Gasteiger partial charge in [-0.2, -0.15) is 4.31 Å². The predicted molar refractivity (Wildman–Crippen MR) is 86.3 cm³/mol. The second-order valence-corrected chi connectivity index (χ2v) is 8.14. The van der Waals surface area contributed by atoms with Gasteiger partial charge in [0.1, 0.15) is 4.90 Å². The van der Waals surface area contributed by atoms with E-state index in [1.54, 1.807) is 7.05 Å². The van der Waals surface area contributed by atoms with Crippen molar-refractivity contribution in [2.45, 2.75) is 23.8 Å². The van der Waals surface area contributed by atoms with Crippen molar-refractivity contribution >= 4 is 38.9 Å². The van der Waals surface area contributed by atoms with Gasteiger partial charge in [-0.15, -0.1) is 0 Å². The monoisotopic (exact) mass is 351 g/mol. The van der Waals surface area contributed by atoms with E-state index >= 15 is 0 Å². The molecule has 0 radical (unpaired) electrons. The van der Waals surface area contributed by atoms with Crippen LogP contribution in [0.2, 0.25) is 10.0 Å². The van der Waals surface area contributed by atoms with E-state index in [4.69, 9.17) is 28.9 Å². The van der Waals surface area contributed by atoms with Gasteiger partial charge in [0.25, 0.3) is 0 Å². The van der Waals surface area contributed by atoms with Crippen LogP contribution in [0.15, 0.2) is 17.0 Å². The first-order valence-electron chi connectivity index (χ1n) is 6.64. The summed E-state index contributed by atoms with van der Waals surface area (Å²) in [4.78, 5) is 2.12. The number of sulfonamides is 1. The maximum atomic E-state index is 12.8. The molecule has 1 aliphatic heterocycles. The average molecular weight is 352 g/mol. The molecule has 0 spiro atoms. The minimum absolute atomic E-state index is 0.0441. The topological polar surface area (TPSA) is 66.6 Å². The van der Waals surface area contributed by atoms with Crippen molar-refractivity contribution in [3.8, 4) is 0 Å². The van der Waals surface area contributed by atoms with E-state index in [2.05, 4.69) is 4.90 Å². The molecule has 0 unspecified atom stereocenters. The first-order valence-corrected chi connectivity index (χ1v) is 8.84. The zero-order chi connectivity index (χ0) is 15.8. The lowest BCUT2D eigenvalue weighted by Crippen LogP contribution is -2.44. The Bertz CT molecular complexity index is 605. The number of nitrogen functional groups attached to an aromatic ring is 1. The number of halogens is 2. The highest BCUT2D eigenvalue weighted by atomic mass is 35.5. The Morgan fingerprint density at radius 1 is 1.29 bits per heavy atom. The lowest BCUT2D eigenvalue weighted by Gasteiger charge is -2.34. The van der Waals surface area contributed by atoms with Crippen molar-refractivity contribution in [1.82, 2.24) is 9.21 Å². The summed E-state index contributed by atoms with van der Waals surface area (Å²) in [5, 5.41) is 0.373. The van der Waals surface area contributed by atoms with Crippen molar-refractivity contribution in [1.29, 1.82) is 0 Å². The molecule has 1 aromatic rings. The Morgan fingerprint density at radius 2 is 1.86 bits per heavy atom. The Kier molecular flexibility index (Phi) is 5.05. The lowest BCUT2D eigenvalue weighted by atomic mass is 10.1. The largest absolute Gasteiger partial charge is 0.398 e. The van der Waals surface area contributed by atoms with Gasteiger partial charge in [-0.05, 0) is 45.1 Å². The minimum atomic E-state index is -3.73. The number of nitrogens with zero attached hydrogens (tertiary/aromatic N) is 2.